The van der Waals surface area contributed by atoms with Crippen molar-refractivity contribution in [2.45, 2.75) is 194 Å². The summed E-state index contributed by atoms with van der Waals surface area (Å²) in [5.74, 6) is 1.18. The van der Waals surface area contributed by atoms with E-state index in [-0.39, 0.29) is 64.8 Å². The van der Waals surface area contributed by atoms with Gasteiger partial charge in [0.1, 0.15) is 46.9 Å². The maximum atomic E-state index is 12.3. The first-order valence-corrected chi connectivity index (χ1v) is 25.3. The number of nitrogens with two attached hydrogens (primary N) is 2. The Morgan fingerprint density at radius 1 is 0.817 bits per heavy atom. The van der Waals surface area contributed by atoms with Gasteiger partial charge in [-0.2, -0.15) is 0 Å². The molecule has 2 aromatic rings. The Kier molecular flexibility index (Phi) is 31.1. The van der Waals surface area contributed by atoms with Gasteiger partial charge in [0, 0.05) is 64.2 Å². The number of ether oxygens (including phenoxy) is 5. The van der Waals surface area contributed by atoms with Crippen molar-refractivity contribution in [2.75, 3.05) is 57.9 Å². The van der Waals surface area contributed by atoms with Gasteiger partial charge >= 0.3 is 12.2 Å². The number of nitrogen functional groups attached to an aromatic ring is 2. The second-order valence-electron chi connectivity index (χ2n) is 20.3. The first-order chi connectivity index (χ1) is 32.5. The normalized spacial score (nSPS) is 18.2. The third kappa shape index (κ3) is 22.7. The number of hydrogen-bond donors (Lipinski definition) is 4. The van der Waals surface area contributed by atoms with Crippen LogP contribution in [0.2, 0.25) is 0 Å². The van der Waals surface area contributed by atoms with Crippen LogP contribution in [0.5, 0.6) is 0 Å². The minimum absolute atomic E-state index is 0. The van der Waals surface area contributed by atoms with Gasteiger partial charge in [0.2, 0.25) is 0 Å². The van der Waals surface area contributed by atoms with Crippen LogP contribution in [0.25, 0.3) is 11.6 Å². The quantitative estimate of drug-likeness (QED) is 0.0564. The molecule has 6 rings (SSSR count). The maximum absolute atomic E-state index is 12.3. The Balaban J connectivity index is 0.000000918. The van der Waals surface area contributed by atoms with Crippen molar-refractivity contribution in [2.24, 2.45) is 0 Å². The molecule has 4 heterocycles. The molecule has 17 nitrogen and oxygen atoms in total. The number of anilines is 2. The summed E-state index contributed by atoms with van der Waals surface area (Å²) < 4.78 is 27.4. The fourth-order valence-corrected chi connectivity index (χ4v) is 8.05. The molecule has 2 aromatic heterocycles. The topological polar surface area (TPSA) is 223 Å². The van der Waals surface area contributed by atoms with Gasteiger partial charge in [0.15, 0.2) is 0 Å². The number of aromatic nitrogens is 4. The zero-order chi connectivity index (χ0) is 52.0. The van der Waals surface area contributed by atoms with Gasteiger partial charge in [-0.15, -0.1) is 11.6 Å². The second-order valence-corrected chi connectivity index (χ2v) is 20.3. The van der Waals surface area contributed by atoms with E-state index in [4.69, 9.17) is 35.2 Å². The molecular formula is C52H91ClN9O8Pd-. The Morgan fingerprint density at radius 2 is 1.32 bits per heavy atom. The number of aliphatic hydroxyl groups is 1. The predicted molar refractivity (Wildman–Crippen MR) is 283 cm³/mol. The summed E-state index contributed by atoms with van der Waals surface area (Å²) in [6.07, 6.45) is 21.5. The molecule has 71 heavy (non-hydrogen) atoms. The van der Waals surface area contributed by atoms with Crippen LogP contribution >= 0.6 is 11.6 Å². The number of unbranched alkanes of at least 4 members (excludes halogenated alkanes) is 4. The molecule has 2 amide bonds. The first kappa shape index (κ1) is 67.5. The van der Waals surface area contributed by atoms with Gasteiger partial charge in [-0.05, 0) is 113 Å². The molecule has 19 heteroatoms. The number of amides is 2. The molecule has 4 aliphatic rings. The van der Waals surface area contributed by atoms with Crippen molar-refractivity contribution in [1.29, 1.82) is 0 Å². The molecule has 0 spiro atoms. The van der Waals surface area contributed by atoms with Gasteiger partial charge in [0.05, 0.1) is 43.3 Å². The van der Waals surface area contributed by atoms with Crippen LogP contribution in [-0.4, -0.2) is 134 Å². The van der Waals surface area contributed by atoms with E-state index < -0.39 is 22.7 Å². The van der Waals surface area contributed by atoms with Crippen molar-refractivity contribution in [1.82, 2.24) is 35.1 Å². The van der Waals surface area contributed by atoms with Crippen LogP contribution in [0, 0.1) is 7.43 Å². The Morgan fingerprint density at radius 3 is 1.82 bits per heavy atom. The molecule has 2 unspecified atom stereocenters. The molecule has 0 radical (unpaired) electrons. The number of allylic oxidation sites excluding steroid dienone is 2. The van der Waals surface area contributed by atoms with Gasteiger partial charge in [-0.1, -0.05) is 64.5 Å². The van der Waals surface area contributed by atoms with E-state index in [1.165, 1.54) is 44.7 Å². The molecular weight excluding hydrogens is 1020 g/mol. The number of hydrogen-bond acceptors (Lipinski definition) is 15. The van der Waals surface area contributed by atoms with E-state index >= 15 is 0 Å². The number of halogens is 1. The molecule has 3 atom stereocenters. The minimum atomic E-state index is -0.624. The molecule has 2 aliphatic heterocycles. The molecule has 0 aromatic carbocycles. The number of nitrogens with zero attached hydrogens (tertiary/aromatic N) is 6. The Bertz CT molecular complexity index is 1930. The smallest absolute Gasteiger partial charge is 0.412 e. The number of carbonyl (C=O) groups is 2. The fraction of sp³-hybridized carbons (Fsp3) is 0.712. The molecule has 6 N–H and O–H groups in total. The van der Waals surface area contributed by atoms with Crippen LogP contribution in [0.4, 0.5) is 21.2 Å². The van der Waals surface area contributed by atoms with Crippen LogP contribution in [0.3, 0.4) is 0 Å². The van der Waals surface area contributed by atoms with E-state index in [1.807, 2.05) is 81.4 Å². The van der Waals surface area contributed by atoms with Crippen molar-refractivity contribution < 1.29 is 58.8 Å². The maximum Gasteiger partial charge on any atom is 0.412 e. The number of nitrogens with one attached hydrogen (secondary N) is 1. The summed E-state index contributed by atoms with van der Waals surface area (Å²) in [6, 6.07) is 0.303. The average Bonchev–Trinajstić information content (AvgIpc) is 4.06. The number of carbonyl (C=O) groups excluding carboxylic acids is 2. The summed E-state index contributed by atoms with van der Waals surface area (Å²) in [7, 11) is 1.65. The molecule has 0 saturated carbocycles. The third-order valence-corrected chi connectivity index (χ3v) is 11.5. The van der Waals surface area contributed by atoms with Crippen molar-refractivity contribution >= 4 is 47.1 Å². The van der Waals surface area contributed by atoms with Gasteiger partial charge < -0.3 is 53.0 Å². The Labute approximate surface area is 446 Å². The Hall–Kier alpha value is -3.47. The largest absolute Gasteiger partial charge is 0.444 e. The van der Waals surface area contributed by atoms with Crippen molar-refractivity contribution in [3.05, 3.63) is 54.7 Å². The van der Waals surface area contributed by atoms with Crippen LogP contribution in [-0.2, 0) is 56.9 Å². The van der Waals surface area contributed by atoms with E-state index in [2.05, 4.69) is 56.8 Å². The standard InChI is InChI=1S/C15H24N4O.C15H29NO3.C13H25NO4.C7H7N3.CH3Cl.CH3.Pd/c1-2-3-4-5-12(9-20)17-8-11-6-7-13-14(11)18-10-19-15(13)16;1-7-8-9-10-12-11-18-15(5,6)16(12)13(17)19-14(2,3)4;1-12(2,3)18-11(15)14-10(7-8-16-6)9-17-13(14,4)5;8-7-5-2-1-3-6(5)9-4-10-7;1-2;;/h6,10,12,17,20H,2-5,7-9H2,1H3,(H2,16,18,19);12H,7-11H2,1-6H3;10H,7-9H2,1-6H3;1,3-4H,2H2,(H2,8,9,10);1H3;1H3;/q;;;;;-1;/t12-;;;;;;/m0....../s1. The van der Waals surface area contributed by atoms with E-state index in [1.54, 1.807) is 16.9 Å². The predicted octanol–water partition coefficient (Wildman–Crippen LogP) is 9.79. The summed E-state index contributed by atoms with van der Waals surface area (Å²) in [6.45, 7) is 25.9. The van der Waals surface area contributed by atoms with E-state index in [9.17, 15) is 14.7 Å². The van der Waals surface area contributed by atoms with Crippen LogP contribution < -0.4 is 16.8 Å². The van der Waals surface area contributed by atoms with Crippen molar-refractivity contribution in [3.8, 4) is 0 Å². The van der Waals surface area contributed by atoms with Crippen molar-refractivity contribution in [3.63, 3.8) is 0 Å². The molecule has 2 saturated heterocycles. The minimum Gasteiger partial charge on any atom is -0.444 e. The van der Waals surface area contributed by atoms with Gasteiger partial charge in [-0.25, -0.2) is 29.5 Å². The van der Waals surface area contributed by atoms with E-state index in [0.29, 0.717) is 31.5 Å². The van der Waals surface area contributed by atoms with E-state index in [0.717, 1.165) is 79.6 Å². The van der Waals surface area contributed by atoms with Gasteiger partial charge in [-0.3, -0.25) is 9.80 Å². The number of aliphatic hydroxyl groups excluding tert-OH is 1. The number of fused-ring (bicyclic) bond motifs is 2. The third-order valence-electron chi connectivity index (χ3n) is 11.5. The average molecular weight is 1110 g/mol. The summed E-state index contributed by atoms with van der Waals surface area (Å²) in [5, 5.41) is 12.8. The number of rotatable bonds is 15. The fourth-order valence-electron chi connectivity index (χ4n) is 8.05. The zero-order valence-corrected chi connectivity index (χ0v) is 48.1. The van der Waals surface area contributed by atoms with Crippen LogP contribution in [0.15, 0.2) is 24.8 Å². The molecule has 2 fully saturated rings. The second kappa shape index (κ2) is 32.7. The SMILES string of the molecule is CCCCCC1COC(C)(C)N1C(=O)OC(C)(C)C.CCCCC[C@@H](CO)NCC1=CCc2c(N)ncnc21.CCl.COCCC1COC(C)(C)N1C(=O)OC(C)(C)C.Nc1ncnc2c1CC=C2.[CH3-].[Pd]. The number of methoxy groups -OCH3 is 1. The summed E-state index contributed by atoms with van der Waals surface area (Å²) in [5.41, 5.74) is 14.4. The van der Waals surface area contributed by atoms with Crippen LogP contribution in [0.1, 0.15) is 163 Å². The molecule has 410 valence electrons. The molecule has 2 aliphatic carbocycles. The van der Waals surface area contributed by atoms with Gasteiger partial charge in [0.25, 0.3) is 0 Å². The zero-order valence-electron chi connectivity index (χ0n) is 45.8. The number of alkyl halides is 1. The summed E-state index contributed by atoms with van der Waals surface area (Å²) >= 11 is 4.64. The molecule has 0 bridgehead atoms. The first-order valence-electron chi connectivity index (χ1n) is 24.6. The summed E-state index contributed by atoms with van der Waals surface area (Å²) in [4.78, 5) is 44.3. The monoisotopic (exact) mass is 1110 g/mol.